The molecule has 1 aliphatic rings. The summed E-state index contributed by atoms with van der Waals surface area (Å²) in [5.74, 6) is 0.352. The van der Waals surface area contributed by atoms with Crippen LogP contribution >= 0.6 is 0 Å². The van der Waals surface area contributed by atoms with Gasteiger partial charge in [0.2, 0.25) is 5.88 Å². The first-order chi connectivity index (χ1) is 13.2. The van der Waals surface area contributed by atoms with E-state index in [0.717, 1.165) is 10.8 Å². The van der Waals surface area contributed by atoms with Crippen LogP contribution in [0.5, 0.6) is 5.88 Å². The molecule has 27 heavy (non-hydrogen) atoms. The molecule has 0 unspecified atom stereocenters. The highest BCUT2D eigenvalue weighted by molar-refractivity contribution is 5.91. The Morgan fingerprint density at radius 1 is 1.04 bits per heavy atom. The van der Waals surface area contributed by atoms with Gasteiger partial charge in [0, 0.05) is 37.0 Å². The fraction of sp³-hybridized carbons (Fsp3) is 0.263. The van der Waals surface area contributed by atoms with Gasteiger partial charge in [0.15, 0.2) is 12.4 Å². The third-order valence-electron chi connectivity index (χ3n) is 4.52. The first-order valence-electron chi connectivity index (χ1n) is 8.66. The van der Waals surface area contributed by atoms with E-state index < -0.39 is 0 Å². The van der Waals surface area contributed by atoms with E-state index in [4.69, 9.17) is 9.15 Å². The molecule has 1 saturated heterocycles. The van der Waals surface area contributed by atoms with E-state index in [0.29, 0.717) is 37.8 Å². The molecule has 2 amide bonds. The number of benzene rings is 1. The van der Waals surface area contributed by atoms with E-state index in [2.05, 4.69) is 10.2 Å². The summed E-state index contributed by atoms with van der Waals surface area (Å²) < 4.78 is 10.7. The number of hydrogen-bond donors (Lipinski definition) is 0. The van der Waals surface area contributed by atoms with Crippen LogP contribution in [-0.4, -0.2) is 64.6 Å². The fourth-order valence-corrected chi connectivity index (χ4v) is 3.04. The fourth-order valence-electron chi connectivity index (χ4n) is 3.04. The molecule has 0 N–H and O–H groups in total. The molecule has 1 aliphatic heterocycles. The zero-order chi connectivity index (χ0) is 18.6. The van der Waals surface area contributed by atoms with Gasteiger partial charge in [-0.25, -0.2) is 0 Å². The predicted molar refractivity (Wildman–Crippen MR) is 96.2 cm³/mol. The first kappa shape index (κ1) is 17.0. The lowest BCUT2D eigenvalue weighted by molar-refractivity contribution is -0.134. The Labute approximate surface area is 155 Å². The van der Waals surface area contributed by atoms with Gasteiger partial charge in [-0.05, 0) is 18.2 Å². The predicted octanol–water partition coefficient (Wildman–Crippen LogP) is 1.59. The van der Waals surface area contributed by atoms with Crippen LogP contribution < -0.4 is 4.74 Å². The van der Waals surface area contributed by atoms with Crippen LogP contribution in [0.25, 0.3) is 10.8 Å². The van der Waals surface area contributed by atoms with Gasteiger partial charge in [0.05, 0.1) is 12.5 Å². The summed E-state index contributed by atoms with van der Waals surface area (Å²) in [6, 6.07) is 10.9. The maximum atomic E-state index is 12.4. The third-order valence-corrected chi connectivity index (χ3v) is 4.52. The van der Waals surface area contributed by atoms with Crippen LogP contribution in [0.4, 0.5) is 0 Å². The number of piperazine rings is 1. The van der Waals surface area contributed by atoms with Crippen LogP contribution in [0, 0.1) is 0 Å². The molecule has 138 valence electrons. The third kappa shape index (κ3) is 3.59. The van der Waals surface area contributed by atoms with Crippen LogP contribution in [0.2, 0.25) is 0 Å². The number of carbonyl (C=O) groups excluding carboxylic acids is 2. The van der Waals surface area contributed by atoms with Crippen molar-refractivity contribution >= 4 is 22.6 Å². The smallest absolute Gasteiger partial charge is 0.289 e. The number of carbonyl (C=O) groups is 2. The van der Waals surface area contributed by atoms with Crippen molar-refractivity contribution in [2.75, 3.05) is 32.8 Å². The van der Waals surface area contributed by atoms with E-state index in [1.807, 2.05) is 24.3 Å². The molecule has 3 aromatic rings. The summed E-state index contributed by atoms with van der Waals surface area (Å²) in [6.07, 6.45) is 3.12. The number of fused-ring (bicyclic) bond motifs is 1. The average molecular weight is 366 g/mol. The maximum Gasteiger partial charge on any atom is 0.289 e. The molecule has 0 saturated carbocycles. The lowest BCUT2D eigenvalue weighted by Gasteiger charge is -2.34. The van der Waals surface area contributed by atoms with E-state index in [9.17, 15) is 9.59 Å². The molecule has 0 radical (unpaired) electrons. The monoisotopic (exact) mass is 366 g/mol. The molecule has 8 heteroatoms. The van der Waals surface area contributed by atoms with E-state index in [-0.39, 0.29) is 18.4 Å². The summed E-state index contributed by atoms with van der Waals surface area (Å²) in [5, 5.41) is 9.60. The lowest BCUT2D eigenvalue weighted by Crippen LogP contribution is -2.51. The minimum Gasteiger partial charge on any atom is -0.466 e. The van der Waals surface area contributed by atoms with Crippen molar-refractivity contribution in [3.8, 4) is 5.88 Å². The van der Waals surface area contributed by atoms with Crippen LogP contribution in [-0.2, 0) is 4.79 Å². The Morgan fingerprint density at radius 3 is 2.59 bits per heavy atom. The number of ether oxygens (including phenoxy) is 1. The SMILES string of the molecule is O=C(COc1nncc2ccccc12)N1CCN(C(=O)c2ccco2)CC1. The van der Waals surface area contributed by atoms with Crippen molar-refractivity contribution < 1.29 is 18.7 Å². The molecule has 0 spiro atoms. The van der Waals surface area contributed by atoms with Crippen LogP contribution in [0.3, 0.4) is 0 Å². The van der Waals surface area contributed by atoms with Crippen LogP contribution in [0.15, 0.2) is 53.3 Å². The van der Waals surface area contributed by atoms with Gasteiger partial charge in [-0.2, -0.15) is 5.10 Å². The van der Waals surface area contributed by atoms with Crippen molar-refractivity contribution in [3.63, 3.8) is 0 Å². The zero-order valence-electron chi connectivity index (χ0n) is 14.6. The summed E-state index contributed by atoms with van der Waals surface area (Å²) in [6.45, 7) is 1.71. The lowest BCUT2D eigenvalue weighted by atomic mass is 10.2. The number of hydrogen-bond acceptors (Lipinski definition) is 6. The largest absolute Gasteiger partial charge is 0.466 e. The molecule has 8 nitrogen and oxygen atoms in total. The van der Waals surface area contributed by atoms with Crippen molar-refractivity contribution in [3.05, 3.63) is 54.6 Å². The molecule has 1 fully saturated rings. The molecular weight excluding hydrogens is 348 g/mol. The minimum absolute atomic E-state index is 0.116. The summed E-state index contributed by atoms with van der Waals surface area (Å²) in [4.78, 5) is 28.1. The van der Waals surface area contributed by atoms with Crippen molar-refractivity contribution in [2.45, 2.75) is 0 Å². The summed E-state index contributed by atoms with van der Waals surface area (Å²) >= 11 is 0. The topological polar surface area (TPSA) is 88.8 Å². The van der Waals surface area contributed by atoms with E-state index >= 15 is 0 Å². The highest BCUT2D eigenvalue weighted by Gasteiger charge is 2.26. The quantitative estimate of drug-likeness (QED) is 0.697. The number of aromatic nitrogens is 2. The second-order valence-electron chi connectivity index (χ2n) is 6.18. The van der Waals surface area contributed by atoms with Gasteiger partial charge < -0.3 is 19.0 Å². The summed E-state index contributed by atoms with van der Waals surface area (Å²) in [5.41, 5.74) is 0. The minimum atomic E-state index is -0.158. The molecule has 2 aromatic heterocycles. The molecular formula is C19H18N4O4. The Bertz CT molecular complexity index is 944. The van der Waals surface area contributed by atoms with E-state index in [1.54, 1.807) is 28.1 Å². The standard InChI is InChI=1S/C19H18N4O4/c24-17(13-27-18-15-5-2-1-4-14(15)12-20-21-18)22-7-9-23(10-8-22)19(25)16-6-3-11-26-16/h1-6,11-12H,7-10,13H2. The number of rotatable bonds is 4. The summed E-state index contributed by atoms with van der Waals surface area (Å²) in [7, 11) is 0. The number of amides is 2. The Balaban J connectivity index is 1.33. The Kier molecular flexibility index (Phi) is 4.69. The molecule has 0 bridgehead atoms. The molecule has 1 aromatic carbocycles. The molecule has 0 atom stereocenters. The van der Waals surface area contributed by atoms with E-state index in [1.165, 1.54) is 6.26 Å². The highest BCUT2D eigenvalue weighted by atomic mass is 16.5. The second kappa shape index (κ2) is 7.45. The van der Waals surface area contributed by atoms with Gasteiger partial charge in [-0.1, -0.05) is 18.2 Å². The second-order valence-corrected chi connectivity index (χ2v) is 6.18. The molecule has 3 heterocycles. The van der Waals surface area contributed by atoms with Gasteiger partial charge >= 0.3 is 0 Å². The normalized spacial score (nSPS) is 14.4. The van der Waals surface area contributed by atoms with Gasteiger partial charge in [0.25, 0.3) is 11.8 Å². The number of nitrogens with zero attached hydrogens (tertiary/aromatic N) is 4. The van der Waals surface area contributed by atoms with Crippen molar-refractivity contribution in [1.82, 2.24) is 20.0 Å². The molecule has 0 aliphatic carbocycles. The first-order valence-corrected chi connectivity index (χ1v) is 8.66. The van der Waals surface area contributed by atoms with Gasteiger partial charge in [0.1, 0.15) is 0 Å². The average Bonchev–Trinajstić information content (AvgIpc) is 3.26. The Morgan fingerprint density at radius 2 is 1.81 bits per heavy atom. The molecule has 4 rings (SSSR count). The van der Waals surface area contributed by atoms with Crippen LogP contribution in [0.1, 0.15) is 10.6 Å². The number of furan rings is 1. The maximum absolute atomic E-state index is 12.4. The van der Waals surface area contributed by atoms with Crippen molar-refractivity contribution in [2.24, 2.45) is 0 Å². The Hall–Kier alpha value is -3.42. The highest BCUT2D eigenvalue weighted by Crippen LogP contribution is 2.21. The van der Waals surface area contributed by atoms with Gasteiger partial charge in [-0.3, -0.25) is 9.59 Å². The van der Waals surface area contributed by atoms with Gasteiger partial charge in [-0.15, -0.1) is 5.10 Å². The zero-order valence-corrected chi connectivity index (χ0v) is 14.6. The van der Waals surface area contributed by atoms with Crippen molar-refractivity contribution in [1.29, 1.82) is 0 Å².